The van der Waals surface area contributed by atoms with Crippen LogP contribution in [0.1, 0.15) is 22.5 Å². The van der Waals surface area contributed by atoms with Crippen LogP contribution in [0.3, 0.4) is 0 Å². The summed E-state index contributed by atoms with van der Waals surface area (Å²) in [6.45, 7) is 3.70. The molecule has 2 aromatic carbocycles. The number of nitro benzene ring substituents is 1. The number of hydrogen-bond donors (Lipinski definition) is 0. The highest BCUT2D eigenvalue weighted by molar-refractivity contribution is 5.90. The number of para-hydroxylation sites is 1. The number of benzene rings is 2. The van der Waals surface area contributed by atoms with Crippen molar-refractivity contribution in [2.75, 3.05) is 0 Å². The number of aromatic nitrogens is 1. The van der Waals surface area contributed by atoms with E-state index in [1.54, 1.807) is 41.0 Å². The van der Waals surface area contributed by atoms with Crippen LogP contribution in [-0.2, 0) is 0 Å². The van der Waals surface area contributed by atoms with Gasteiger partial charge in [-0.15, -0.1) is 0 Å². The van der Waals surface area contributed by atoms with Gasteiger partial charge >= 0.3 is 0 Å². The van der Waals surface area contributed by atoms with E-state index in [2.05, 4.69) is 6.07 Å². The van der Waals surface area contributed by atoms with Crippen molar-refractivity contribution in [1.29, 1.82) is 5.26 Å². The van der Waals surface area contributed by atoms with Crippen LogP contribution in [0.15, 0.2) is 54.6 Å². The number of hydrogen-bond acceptors (Lipinski definition) is 3. The minimum atomic E-state index is -0.497. The zero-order chi connectivity index (χ0) is 19.6. The Morgan fingerprint density at radius 2 is 1.93 bits per heavy atom. The Labute approximate surface area is 155 Å². The van der Waals surface area contributed by atoms with Crippen molar-refractivity contribution < 1.29 is 9.31 Å². The summed E-state index contributed by atoms with van der Waals surface area (Å²) < 4.78 is 16.0. The average Bonchev–Trinajstić information content (AvgIpc) is 2.93. The fourth-order valence-corrected chi connectivity index (χ4v) is 3.06. The van der Waals surface area contributed by atoms with Crippen LogP contribution in [0.2, 0.25) is 0 Å². The Morgan fingerprint density at radius 1 is 1.19 bits per heavy atom. The third-order valence-corrected chi connectivity index (χ3v) is 4.35. The fourth-order valence-electron chi connectivity index (χ4n) is 3.06. The molecular formula is C21H16FN3O2. The van der Waals surface area contributed by atoms with Crippen molar-refractivity contribution in [3.63, 3.8) is 0 Å². The predicted octanol–water partition coefficient (Wildman–Crippen LogP) is 5.21. The van der Waals surface area contributed by atoms with Gasteiger partial charge < -0.3 is 4.57 Å². The van der Waals surface area contributed by atoms with Gasteiger partial charge in [0.25, 0.3) is 5.69 Å². The number of aryl methyl sites for hydroxylation is 1. The first-order valence-electron chi connectivity index (χ1n) is 8.23. The maximum absolute atomic E-state index is 14.2. The highest BCUT2D eigenvalue weighted by Crippen LogP contribution is 2.27. The number of nitro groups is 1. The highest BCUT2D eigenvalue weighted by Gasteiger charge is 2.14. The molecule has 0 aliphatic rings. The largest absolute Gasteiger partial charge is 0.315 e. The summed E-state index contributed by atoms with van der Waals surface area (Å²) >= 11 is 0. The summed E-state index contributed by atoms with van der Waals surface area (Å²) in [5.74, 6) is -0.339. The smallest absolute Gasteiger partial charge is 0.270 e. The van der Waals surface area contributed by atoms with Crippen molar-refractivity contribution in [3.05, 3.63) is 93.0 Å². The van der Waals surface area contributed by atoms with E-state index in [9.17, 15) is 19.8 Å². The van der Waals surface area contributed by atoms with E-state index in [1.807, 2.05) is 19.9 Å². The van der Waals surface area contributed by atoms with Gasteiger partial charge in [-0.25, -0.2) is 4.39 Å². The Hall–Kier alpha value is -3.72. The molecule has 0 spiro atoms. The van der Waals surface area contributed by atoms with E-state index in [4.69, 9.17) is 0 Å². The topological polar surface area (TPSA) is 71.9 Å². The van der Waals surface area contributed by atoms with Crippen LogP contribution in [0, 0.1) is 41.1 Å². The summed E-state index contributed by atoms with van der Waals surface area (Å²) in [7, 11) is 0. The number of nitriles is 1. The molecule has 134 valence electrons. The number of allylic oxidation sites excluding steroid dienone is 1. The van der Waals surface area contributed by atoms with Crippen molar-refractivity contribution in [1.82, 2.24) is 4.57 Å². The molecule has 0 saturated heterocycles. The molecule has 0 atom stereocenters. The predicted molar refractivity (Wildman–Crippen MR) is 102 cm³/mol. The number of rotatable bonds is 4. The number of non-ortho nitro benzene ring substituents is 1. The molecule has 0 unspecified atom stereocenters. The molecule has 0 aliphatic carbocycles. The van der Waals surface area contributed by atoms with Crippen molar-refractivity contribution in [3.8, 4) is 11.8 Å². The summed E-state index contributed by atoms with van der Waals surface area (Å²) in [6, 6.07) is 16.4. The minimum absolute atomic E-state index is 0.0783. The molecule has 0 fully saturated rings. The van der Waals surface area contributed by atoms with E-state index < -0.39 is 4.92 Å². The molecular weight excluding hydrogens is 345 g/mol. The summed E-state index contributed by atoms with van der Waals surface area (Å²) in [5, 5.41) is 20.5. The van der Waals surface area contributed by atoms with Crippen molar-refractivity contribution >= 4 is 17.3 Å². The lowest BCUT2D eigenvalue weighted by molar-refractivity contribution is -0.384. The molecule has 1 aromatic heterocycles. The first-order chi connectivity index (χ1) is 12.9. The van der Waals surface area contributed by atoms with E-state index >= 15 is 0 Å². The van der Waals surface area contributed by atoms with Gasteiger partial charge in [0.2, 0.25) is 0 Å². The third kappa shape index (κ3) is 3.48. The Kier molecular flexibility index (Phi) is 4.86. The minimum Gasteiger partial charge on any atom is -0.315 e. The first kappa shape index (κ1) is 18.1. The zero-order valence-electron chi connectivity index (χ0n) is 14.8. The Balaban J connectivity index is 2.11. The molecule has 0 amide bonds. The van der Waals surface area contributed by atoms with Crippen LogP contribution >= 0.6 is 0 Å². The second-order valence-corrected chi connectivity index (χ2v) is 6.09. The molecule has 0 bridgehead atoms. The normalized spacial score (nSPS) is 11.3. The fraction of sp³-hybridized carbons (Fsp3) is 0.0952. The maximum atomic E-state index is 14.2. The second-order valence-electron chi connectivity index (χ2n) is 6.09. The summed E-state index contributed by atoms with van der Waals surface area (Å²) in [6.07, 6.45) is 1.67. The number of halogens is 1. The van der Waals surface area contributed by atoms with Gasteiger partial charge in [0.05, 0.1) is 22.3 Å². The van der Waals surface area contributed by atoms with Gasteiger partial charge in [0, 0.05) is 23.5 Å². The van der Waals surface area contributed by atoms with Gasteiger partial charge in [-0.3, -0.25) is 10.1 Å². The molecule has 27 heavy (non-hydrogen) atoms. The van der Waals surface area contributed by atoms with Crippen LogP contribution in [0.4, 0.5) is 10.1 Å². The highest BCUT2D eigenvalue weighted by atomic mass is 19.1. The van der Waals surface area contributed by atoms with E-state index in [0.29, 0.717) is 16.8 Å². The maximum Gasteiger partial charge on any atom is 0.270 e. The van der Waals surface area contributed by atoms with Gasteiger partial charge in [-0.2, -0.15) is 5.26 Å². The lowest BCUT2D eigenvalue weighted by atomic mass is 10.0. The van der Waals surface area contributed by atoms with Crippen molar-refractivity contribution in [2.24, 2.45) is 0 Å². The third-order valence-electron chi connectivity index (χ3n) is 4.35. The van der Waals surface area contributed by atoms with Crippen molar-refractivity contribution in [2.45, 2.75) is 13.8 Å². The molecule has 0 aliphatic heterocycles. The lowest BCUT2D eigenvalue weighted by Crippen LogP contribution is -2.01. The first-order valence-corrected chi connectivity index (χ1v) is 8.23. The van der Waals surface area contributed by atoms with Crippen LogP contribution < -0.4 is 0 Å². The quantitative estimate of drug-likeness (QED) is 0.364. The molecule has 6 heteroatoms. The standard InChI is InChI=1S/C21H16FN3O2/c1-14-10-17(15(2)24(14)21-9-4-3-8-20(21)22)11-18(13-23)16-6-5-7-19(12-16)25(26)27/h3-12H,1-2H3. The summed E-state index contributed by atoms with van der Waals surface area (Å²) in [5.41, 5.74) is 3.45. The molecule has 0 radical (unpaired) electrons. The number of nitrogens with zero attached hydrogens (tertiary/aromatic N) is 3. The molecule has 5 nitrogen and oxygen atoms in total. The van der Waals surface area contributed by atoms with Gasteiger partial charge in [0.15, 0.2) is 0 Å². The van der Waals surface area contributed by atoms with Gasteiger partial charge in [-0.05, 0) is 49.2 Å². The molecule has 0 N–H and O–H groups in total. The van der Waals surface area contributed by atoms with Crippen LogP contribution in [-0.4, -0.2) is 9.49 Å². The Bertz CT molecular complexity index is 1110. The van der Waals surface area contributed by atoms with Crippen LogP contribution in [0.25, 0.3) is 17.3 Å². The molecule has 1 heterocycles. The zero-order valence-corrected chi connectivity index (χ0v) is 14.8. The molecule has 0 saturated carbocycles. The van der Waals surface area contributed by atoms with E-state index in [0.717, 1.165) is 17.0 Å². The van der Waals surface area contributed by atoms with Gasteiger partial charge in [0.1, 0.15) is 5.82 Å². The van der Waals surface area contributed by atoms with E-state index in [1.165, 1.54) is 18.2 Å². The average molecular weight is 361 g/mol. The molecule has 3 aromatic rings. The monoisotopic (exact) mass is 361 g/mol. The van der Waals surface area contributed by atoms with Crippen LogP contribution in [0.5, 0.6) is 0 Å². The lowest BCUT2D eigenvalue weighted by Gasteiger charge is -2.10. The SMILES string of the molecule is Cc1cc(C=C(C#N)c2cccc([N+](=O)[O-])c2)c(C)n1-c1ccccc1F. The summed E-state index contributed by atoms with van der Waals surface area (Å²) in [4.78, 5) is 10.5. The Morgan fingerprint density at radius 3 is 2.59 bits per heavy atom. The van der Waals surface area contributed by atoms with Gasteiger partial charge in [-0.1, -0.05) is 24.3 Å². The second kappa shape index (κ2) is 7.26. The molecule has 3 rings (SSSR count). The van der Waals surface area contributed by atoms with E-state index in [-0.39, 0.29) is 11.5 Å².